The predicted molar refractivity (Wildman–Crippen MR) is 73.5 cm³/mol. The molecule has 2 heterocycles. The first kappa shape index (κ1) is 13.8. The standard InChI is InChI=1S/C14H27N3O/c1-3-14(2)4-8-16(9-5-14)12-13(18)17-10-6-15-7-11-17/h15H,3-12H2,1-2H3. The molecule has 0 bridgehead atoms. The molecule has 0 aliphatic carbocycles. The van der Waals surface area contributed by atoms with Gasteiger partial charge in [-0.3, -0.25) is 9.69 Å². The van der Waals surface area contributed by atoms with Gasteiger partial charge in [0.05, 0.1) is 6.54 Å². The van der Waals surface area contributed by atoms with Crippen LogP contribution in [0, 0.1) is 5.41 Å². The van der Waals surface area contributed by atoms with Crippen molar-refractivity contribution in [2.24, 2.45) is 5.41 Å². The maximum atomic E-state index is 12.2. The van der Waals surface area contributed by atoms with Crippen LogP contribution in [0.4, 0.5) is 0 Å². The van der Waals surface area contributed by atoms with Crippen molar-refractivity contribution in [2.75, 3.05) is 45.8 Å². The Hall–Kier alpha value is -0.610. The highest BCUT2D eigenvalue weighted by Gasteiger charge is 2.29. The largest absolute Gasteiger partial charge is 0.339 e. The van der Waals surface area contributed by atoms with Crippen LogP contribution in [0.15, 0.2) is 0 Å². The summed E-state index contributed by atoms with van der Waals surface area (Å²) in [6.07, 6.45) is 3.73. The van der Waals surface area contributed by atoms with Crippen molar-refractivity contribution >= 4 is 5.91 Å². The third kappa shape index (κ3) is 3.45. The predicted octanol–water partition coefficient (Wildman–Crippen LogP) is 0.930. The number of likely N-dealkylation sites (tertiary alicyclic amines) is 1. The van der Waals surface area contributed by atoms with Gasteiger partial charge in [0.25, 0.3) is 0 Å². The van der Waals surface area contributed by atoms with Gasteiger partial charge in [-0.05, 0) is 31.3 Å². The molecule has 0 aromatic heterocycles. The molecule has 0 saturated carbocycles. The van der Waals surface area contributed by atoms with E-state index in [0.29, 0.717) is 17.9 Å². The SMILES string of the molecule is CCC1(C)CCN(CC(=O)N2CCNCC2)CC1. The van der Waals surface area contributed by atoms with Gasteiger partial charge < -0.3 is 10.2 Å². The molecular weight excluding hydrogens is 226 g/mol. The van der Waals surface area contributed by atoms with Crippen molar-refractivity contribution in [3.05, 3.63) is 0 Å². The highest BCUT2D eigenvalue weighted by Crippen LogP contribution is 2.33. The van der Waals surface area contributed by atoms with Crippen molar-refractivity contribution in [1.29, 1.82) is 0 Å². The maximum absolute atomic E-state index is 12.2. The van der Waals surface area contributed by atoms with Gasteiger partial charge in [-0.1, -0.05) is 20.3 Å². The monoisotopic (exact) mass is 253 g/mol. The van der Waals surface area contributed by atoms with E-state index in [9.17, 15) is 4.79 Å². The number of hydrogen-bond donors (Lipinski definition) is 1. The van der Waals surface area contributed by atoms with E-state index in [2.05, 4.69) is 24.1 Å². The molecule has 0 aromatic rings. The molecule has 0 aromatic carbocycles. The van der Waals surface area contributed by atoms with Crippen molar-refractivity contribution in [2.45, 2.75) is 33.1 Å². The summed E-state index contributed by atoms with van der Waals surface area (Å²) in [5.41, 5.74) is 0.509. The Morgan fingerprint density at radius 3 is 2.33 bits per heavy atom. The number of nitrogens with zero attached hydrogens (tertiary/aromatic N) is 2. The average Bonchev–Trinajstić information content (AvgIpc) is 2.42. The Morgan fingerprint density at radius 1 is 1.17 bits per heavy atom. The lowest BCUT2D eigenvalue weighted by Crippen LogP contribution is -2.51. The third-order valence-electron chi connectivity index (χ3n) is 4.75. The minimum Gasteiger partial charge on any atom is -0.339 e. The van der Waals surface area contributed by atoms with Crippen LogP contribution >= 0.6 is 0 Å². The van der Waals surface area contributed by atoms with Crippen molar-refractivity contribution in [3.8, 4) is 0 Å². The number of piperidine rings is 1. The summed E-state index contributed by atoms with van der Waals surface area (Å²) in [7, 11) is 0. The quantitative estimate of drug-likeness (QED) is 0.813. The van der Waals surface area contributed by atoms with Crippen molar-refractivity contribution in [1.82, 2.24) is 15.1 Å². The zero-order valence-electron chi connectivity index (χ0n) is 11.9. The fourth-order valence-corrected chi connectivity index (χ4v) is 2.81. The molecule has 2 aliphatic heterocycles. The van der Waals surface area contributed by atoms with Crippen LogP contribution in [0.5, 0.6) is 0 Å². The summed E-state index contributed by atoms with van der Waals surface area (Å²) in [5.74, 6) is 0.316. The normalized spacial score (nSPS) is 25.1. The first-order valence-corrected chi connectivity index (χ1v) is 7.34. The second-order valence-electron chi connectivity index (χ2n) is 6.07. The van der Waals surface area contributed by atoms with Gasteiger partial charge in [0, 0.05) is 26.2 Å². The lowest BCUT2D eigenvalue weighted by atomic mass is 9.78. The number of rotatable bonds is 3. The Balaban J connectivity index is 1.75. The summed E-state index contributed by atoms with van der Waals surface area (Å²) in [6.45, 7) is 11.1. The van der Waals surface area contributed by atoms with Crippen LogP contribution < -0.4 is 5.32 Å². The maximum Gasteiger partial charge on any atom is 0.236 e. The highest BCUT2D eigenvalue weighted by molar-refractivity contribution is 5.78. The van der Waals surface area contributed by atoms with E-state index in [1.807, 2.05) is 4.90 Å². The van der Waals surface area contributed by atoms with E-state index in [4.69, 9.17) is 0 Å². The molecule has 1 amide bonds. The fraction of sp³-hybridized carbons (Fsp3) is 0.929. The minimum absolute atomic E-state index is 0.316. The second kappa shape index (κ2) is 6.02. The topological polar surface area (TPSA) is 35.6 Å². The van der Waals surface area contributed by atoms with E-state index in [0.717, 1.165) is 39.3 Å². The molecule has 0 atom stereocenters. The Morgan fingerprint density at radius 2 is 1.78 bits per heavy atom. The third-order valence-corrected chi connectivity index (χ3v) is 4.75. The first-order chi connectivity index (χ1) is 8.63. The van der Waals surface area contributed by atoms with Crippen molar-refractivity contribution in [3.63, 3.8) is 0 Å². The van der Waals surface area contributed by atoms with Gasteiger partial charge in [0.15, 0.2) is 0 Å². The first-order valence-electron chi connectivity index (χ1n) is 7.34. The number of amides is 1. The van der Waals surface area contributed by atoms with E-state index < -0.39 is 0 Å². The summed E-state index contributed by atoms with van der Waals surface area (Å²) in [6, 6.07) is 0. The molecule has 104 valence electrons. The molecule has 2 aliphatic rings. The lowest BCUT2D eigenvalue weighted by molar-refractivity contribution is -0.133. The fourth-order valence-electron chi connectivity index (χ4n) is 2.81. The molecule has 2 saturated heterocycles. The van der Waals surface area contributed by atoms with E-state index in [1.54, 1.807) is 0 Å². The molecular formula is C14H27N3O. The molecule has 0 radical (unpaired) electrons. The highest BCUT2D eigenvalue weighted by atomic mass is 16.2. The average molecular weight is 253 g/mol. The number of piperazine rings is 1. The molecule has 0 spiro atoms. The Labute approximate surface area is 111 Å². The second-order valence-corrected chi connectivity index (χ2v) is 6.07. The molecule has 4 nitrogen and oxygen atoms in total. The van der Waals surface area contributed by atoms with Crippen molar-refractivity contribution < 1.29 is 4.79 Å². The van der Waals surface area contributed by atoms with Gasteiger partial charge in [-0.15, -0.1) is 0 Å². The van der Waals surface area contributed by atoms with Gasteiger partial charge in [0.2, 0.25) is 5.91 Å². The zero-order chi connectivity index (χ0) is 13.0. The Kier molecular flexibility index (Phi) is 4.62. The molecule has 18 heavy (non-hydrogen) atoms. The number of hydrogen-bond acceptors (Lipinski definition) is 3. The smallest absolute Gasteiger partial charge is 0.236 e. The lowest BCUT2D eigenvalue weighted by Gasteiger charge is -2.39. The van der Waals surface area contributed by atoms with Gasteiger partial charge in [0.1, 0.15) is 0 Å². The summed E-state index contributed by atoms with van der Waals surface area (Å²) in [4.78, 5) is 16.5. The zero-order valence-corrected chi connectivity index (χ0v) is 11.9. The number of carbonyl (C=O) groups excluding carboxylic acids is 1. The Bertz CT molecular complexity index is 279. The van der Waals surface area contributed by atoms with Crippen LogP contribution in [0.2, 0.25) is 0 Å². The molecule has 2 rings (SSSR count). The van der Waals surface area contributed by atoms with Crippen LogP contribution in [0.1, 0.15) is 33.1 Å². The van der Waals surface area contributed by atoms with E-state index in [1.165, 1.54) is 19.3 Å². The number of carbonyl (C=O) groups is 1. The number of nitrogens with one attached hydrogen (secondary N) is 1. The summed E-state index contributed by atoms with van der Waals surface area (Å²) in [5, 5.41) is 3.28. The van der Waals surface area contributed by atoms with Gasteiger partial charge >= 0.3 is 0 Å². The van der Waals surface area contributed by atoms with Crippen LogP contribution in [0.25, 0.3) is 0 Å². The molecule has 1 N–H and O–H groups in total. The molecule has 2 fully saturated rings. The van der Waals surface area contributed by atoms with Gasteiger partial charge in [-0.2, -0.15) is 0 Å². The van der Waals surface area contributed by atoms with E-state index >= 15 is 0 Å². The van der Waals surface area contributed by atoms with Crippen LogP contribution in [-0.4, -0.2) is 61.5 Å². The van der Waals surface area contributed by atoms with E-state index in [-0.39, 0.29) is 0 Å². The minimum atomic E-state index is 0.316. The molecule has 0 unspecified atom stereocenters. The summed E-state index contributed by atoms with van der Waals surface area (Å²) >= 11 is 0. The summed E-state index contributed by atoms with van der Waals surface area (Å²) < 4.78 is 0. The van der Waals surface area contributed by atoms with Gasteiger partial charge in [-0.25, -0.2) is 0 Å². The molecule has 4 heteroatoms. The van der Waals surface area contributed by atoms with Crippen LogP contribution in [0.3, 0.4) is 0 Å². The van der Waals surface area contributed by atoms with Crippen LogP contribution in [-0.2, 0) is 4.79 Å².